The summed E-state index contributed by atoms with van der Waals surface area (Å²) in [6.07, 6.45) is 2.98. The molecule has 0 aliphatic carbocycles. The van der Waals surface area contributed by atoms with Crippen LogP contribution in [-0.2, 0) is 0 Å². The number of anilines is 1. The molecular formula is C8H8N4O. The predicted molar refractivity (Wildman–Crippen MR) is 47.1 cm³/mol. The minimum atomic E-state index is 0.551. The Bertz CT molecular complexity index is 368. The zero-order valence-electron chi connectivity index (χ0n) is 7.06. The van der Waals surface area contributed by atoms with Crippen LogP contribution in [0.15, 0.2) is 29.2 Å². The highest BCUT2D eigenvalue weighted by Gasteiger charge is 2.02. The standard InChI is InChI=1S/C8H8N4O/c1-9-7-3-2-6(4-10-7)8-11-5-13-12-8/h2-5H,1H3,(H,9,10). The van der Waals surface area contributed by atoms with Crippen LogP contribution in [0.4, 0.5) is 5.82 Å². The molecule has 0 aliphatic rings. The lowest BCUT2D eigenvalue weighted by atomic mass is 10.3. The summed E-state index contributed by atoms with van der Waals surface area (Å²) in [4.78, 5) is 8.02. The van der Waals surface area contributed by atoms with Gasteiger partial charge in [0, 0.05) is 18.8 Å². The zero-order valence-corrected chi connectivity index (χ0v) is 7.06. The van der Waals surface area contributed by atoms with Crippen molar-refractivity contribution in [2.24, 2.45) is 0 Å². The average Bonchev–Trinajstić information content (AvgIpc) is 2.71. The molecule has 66 valence electrons. The Morgan fingerprint density at radius 2 is 2.23 bits per heavy atom. The lowest BCUT2D eigenvalue weighted by Gasteiger charge is -1.97. The van der Waals surface area contributed by atoms with Crippen LogP contribution in [0.2, 0.25) is 0 Å². The number of hydrogen-bond acceptors (Lipinski definition) is 5. The molecule has 0 amide bonds. The maximum Gasteiger partial charge on any atom is 0.214 e. The third-order valence-electron chi connectivity index (χ3n) is 1.64. The molecule has 0 fully saturated rings. The molecule has 0 bridgehead atoms. The highest BCUT2D eigenvalue weighted by molar-refractivity contribution is 5.54. The van der Waals surface area contributed by atoms with Crippen molar-refractivity contribution < 1.29 is 4.52 Å². The van der Waals surface area contributed by atoms with E-state index in [1.807, 2.05) is 19.2 Å². The number of nitrogens with zero attached hydrogens (tertiary/aromatic N) is 3. The van der Waals surface area contributed by atoms with Gasteiger partial charge in [-0.15, -0.1) is 0 Å². The van der Waals surface area contributed by atoms with Crippen LogP contribution in [0, 0.1) is 0 Å². The summed E-state index contributed by atoms with van der Waals surface area (Å²) < 4.78 is 4.62. The lowest BCUT2D eigenvalue weighted by Crippen LogP contribution is -1.91. The van der Waals surface area contributed by atoms with E-state index in [0.29, 0.717) is 5.82 Å². The molecule has 1 N–H and O–H groups in total. The number of hydrogen-bond donors (Lipinski definition) is 1. The second kappa shape index (κ2) is 3.22. The van der Waals surface area contributed by atoms with Gasteiger partial charge in [0.25, 0.3) is 0 Å². The molecule has 0 spiro atoms. The Hall–Kier alpha value is -1.91. The average molecular weight is 176 g/mol. The molecule has 0 saturated carbocycles. The fourth-order valence-corrected chi connectivity index (χ4v) is 0.972. The Labute approximate surface area is 74.8 Å². The SMILES string of the molecule is CNc1ccc(-c2ncon2)cn1. The molecule has 5 heteroatoms. The van der Waals surface area contributed by atoms with Crippen molar-refractivity contribution in [2.75, 3.05) is 12.4 Å². The van der Waals surface area contributed by atoms with E-state index in [1.165, 1.54) is 6.39 Å². The van der Waals surface area contributed by atoms with Crippen LogP contribution in [0.3, 0.4) is 0 Å². The molecule has 2 aromatic rings. The van der Waals surface area contributed by atoms with Crippen LogP contribution in [0.1, 0.15) is 0 Å². The van der Waals surface area contributed by atoms with E-state index in [9.17, 15) is 0 Å². The minimum absolute atomic E-state index is 0.551. The third kappa shape index (κ3) is 1.48. The molecule has 2 rings (SSSR count). The second-order valence-corrected chi connectivity index (χ2v) is 2.44. The van der Waals surface area contributed by atoms with Gasteiger partial charge in [0.15, 0.2) is 0 Å². The number of nitrogens with one attached hydrogen (secondary N) is 1. The maximum absolute atomic E-state index is 4.62. The van der Waals surface area contributed by atoms with Gasteiger partial charge in [0.1, 0.15) is 5.82 Å². The Balaban J connectivity index is 2.33. The molecule has 0 saturated heterocycles. The number of aromatic nitrogens is 3. The summed E-state index contributed by atoms with van der Waals surface area (Å²) in [5, 5.41) is 6.62. The second-order valence-electron chi connectivity index (χ2n) is 2.44. The number of pyridine rings is 1. The van der Waals surface area contributed by atoms with Crippen molar-refractivity contribution in [3.8, 4) is 11.4 Å². The first kappa shape index (κ1) is 7.72. The highest BCUT2D eigenvalue weighted by atomic mass is 16.5. The van der Waals surface area contributed by atoms with Crippen molar-refractivity contribution in [3.05, 3.63) is 24.7 Å². The Morgan fingerprint density at radius 1 is 1.31 bits per heavy atom. The van der Waals surface area contributed by atoms with Crippen LogP contribution in [0.25, 0.3) is 11.4 Å². The molecule has 2 aromatic heterocycles. The molecule has 0 unspecified atom stereocenters. The van der Waals surface area contributed by atoms with Gasteiger partial charge in [0.05, 0.1) is 0 Å². The zero-order chi connectivity index (χ0) is 9.10. The molecule has 5 nitrogen and oxygen atoms in total. The van der Waals surface area contributed by atoms with Crippen LogP contribution >= 0.6 is 0 Å². The summed E-state index contributed by atoms with van der Waals surface area (Å²) in [7, 11) is 1.82. The summed E-state index contributed by atoms with van der Waals surface area (Å²) in [5.74, 6) is 1.36. The summed E-state index contributed by atoms with van der Waals surface area (Å²) >= 11 is 0. The molecule has 0 radical (unpaired) electrons. The smallest absolute Gasteiger partial charge is 0.214 e. The van der Waals surface area contributed by atoms with Gasteiger partial charge in [-0.25, -0.2) is 4.98 Å². The predicted octanol–water partition coefficient (Wildman–Crippen LogP) is 1.17. The Morgan fingerprint density at radius 3 is 2.77 bits per heavy atom. The molecule has 0 aliphatic heterocycles. The van der Waals surface area contributed by atoms with Gasteiger partial charge in [-0.3, -0.25) is 0 Å². The quantitative estimate of drug-likeness (QED) is 0.744. The van der Waals surface area contributed by atoms with E-state index in [2.05, 4.69) is 25.0 Å². The van der Waals surface area contributed by atoms with Gasteiger partial charge in [-0.1, -0.05) is 5.16 Å². The van der Waals surface area contributed by atoms with Crippen molar-refractivity contribution >= 4 is 5.82 Å². The Kier molecular flexibility index (Phi) is 1.91. The van der Waals surface area contributed by atoms with Crippen molar-refractivity contribution in [2.45, 2.75) is 0 Å². The highest BCUT2D eigenvalue weighted by Crippen LogP contribution is 2.14. The minimum Gasteiger partial charge on any atom is -0.373 e. The largest absolute Gasteiger partial charge is 0.373 e. The topological polar surface area (TPSA) is 63.8 Å². The van der Waals surface area contributed by atoms with E-state index in [1.54, 1.807) is 6.20 Å². The molecule has 2 heterocycles. The van der Waals surface area contributed by atoms with E-state index in [-0.39, 0.29) is 0 Å². The first-order valence-corrected chi connectivity index (χ1v) is 3.80. The fourth-order valence-electron chi connectivity index (χ4n) is 0.972. The van der Waals surface area contributed by atoms with Crippen molar-refractivity contribution in [1.82, 2.24) is 15.1 Å². The van der Waals surface area contributed by atoms with E-state index in [4.69, 9.17) is 0 Å². The van der Waals surface area contributed by atoms with Gasteiger partial charge >= 0.3 is 0 Å². The van der Waals surface area contributed by atoms with Crippen molar-refractivity contribution in [1.29, 1.82) is 0 Å². The van der Waals surface area contributed by atoms with E-state index in [0.717, 1.165) is 11.4 Å². The first-order valence-electron chi connectivity index (χ1n) is 3.80. The molecule has 13 heavy (non-hydrogen) atoms. The van der Waals surface area contributed by atoms with Crippen LogP contribution < -0.4 is 5.32 Å². The van der Waals surface area contributed by atoms with Crippen LogP contribution in [-0.4, -0.2) is 22.2 Å². The molecule has 0 atom stereocenters. The van der Waals surface area contributed by atoms with Crippen molar-refractivity contribution in [3.63, 3.8) is 0 Å². The van der Waals surface area contributed by atoms with E-state index < -0.39 is 0 Å². The maximum atomic E-state index is 4.62. The van der Waals surface area contributed by atoms with Gasteiger partial charge in [-0.05, 0) is 12.1 Å². The summed E-state index contributed by atoms with van der Waals surface area (Å²) in [6.45, 7) is 0. The van der Waals surface area contributed by atoms with E-state index >= 15 is 0 Å². The lowest BCUT2D eigenvalue weighted by molar-refractivity contribution is 0.418. The normalized spacial score (nSPS) is 9.92. The van der Waals surface area contributed by atoms with Gasteiger partial charge in [0.2, 0.25) is 12.2 Å². The van der Waals surface area contributed by atoms with Gasteiger partial charge in [-0.2, -0.15) is 4.98 Å². The van der Waals surface area contributed by atoms with Gasteiger partial charge < -0.3 is 9.84 Å². The summed E-state index contributed by atoms with van der Waals surface area (Å²) in [6, 6.07) is 3.73. The molecule has 0 aromatic carbocycles. The first-order chi connectivity index (χ1) is 6.40. The summed E-state index contributed by atoms with van der Waals surface area (Å²) in [5.41, 5.74) is 0.841. The fraction of sp³-hybridized carbons (Fsp3) is 0.125. The third-order valence-corrected chi connectivity index (χ3v) is 1.64. The molecular weight excluding hydrogens is 168 g/mol. The monoisotopic (exact) mass is 176 g/mol. The van der Waals surface area contributed by atoms with Crippen LogP contribution in [0.5, 0.6) is 0 Å². The number of rotatable bonds is 2.